The molecule has 0 radical (unpaired) electrons. The van der Waals surface area contributed by atoms with E-state index in [4.69, 9.17) is 0 Å². The number of aromatic nitrogens is 3. The minimum absolute atomic E-state index is 0.830. The van der Waals surface area contributed by atoms with E-state index in [9.17, 15) is 0 Å². The monoisotopic (exact) mass is 242 g/mol. The predicted molar refractivity (Wildman–Crippen MR) is 69.6 cm³/mol. The Labute approximate surface area is 102 Å². The second-order valence-corrected chi connectivity index (χ2v) is 4.71. The van der Waals surface area contributed by atoms with Crippen LogP contribution >= 0.6 is 11.8 Å². The first-order valence-electron chi connectivity index (χ1n) is 5.94. The minimum atomic E-state index is 0.830. The van der Waals surface area contributed by atoms with Gasteiger partial charge >= 0.3 is 0 Å². The average Bonchev–Trinajstić information content (AvgIpc) is 2.75. The van der Waals surface area contributed by atoms with Crippen LogP contribution in [0.4, 0.5) is 0 Å². The molecule has 0 aliphatic carbocycles. The number of nitrogens with one attached hydrogen (secondary N) is 1. The molecule has 0 fully saturated rings. The van der Waals surface area contributed by atoms with Gasteiger partial charge in [0.25, 0.3) is 0 Å². The molecular weight excluding hydrogens is 220 g/mol. The van der Waals surface area contributed by atoms with Crippen LogP contribution in [0.1, 0.15) is 32.0 Å². The van der Waals surface area contributed by atoms with Crippen LogP contribution < -0.4 is 5.32 Å². The molecule has 0 bridgehead atoms. The number of hydrogen-bond donors (Lipinski definition) is 1. The summed E-state index contributed by atoms with van der Waals surface area (Å²) < 4.78 is 1.93. The van der Waals surface area contributed by atoms with E-state index in [1.165, 1.54) is 25.0 Å². The molecular formula is C11H22N4S. The van der Waals surface area contributed by atoms with E-state index in [1.807, 2.05) is 16.4 Å². The van der Waals surface area contributed by atoms with Crippen LogP contribution in [0.5, 0.6) is 0 Å². The van der Waals surface area contributed by atoms with Crippen LogP contribution in [-0.4, -0.2) is 33.3 Å². The predicted octanol–water partition coefficient (Wildman–Crippen LogP) is 1.92. The summed E-state index contributed by atoms with van der Waals surface area (Å²) in [5.74, 6) is 2.32. The summed E-state index contributed by atoms with van der Waals surface area (Å²) in [6.07, 6.45) is 7.68. The van der Waals surface area contributed by atoms with Gasteiger partial charge < -0.3 is 5.32 Å². The zero-order valence-corrected chi connectivity index (χ0v) is 11.1. The van der Waals surface area contributed by atoms with Gasteiger partial charge in [-0.3, -0.25) is 0 Å². The van der Waals surface area contributed by atoms with E-state index in [0.29, 0.717) is 0 Å². The molecule has 0 atom stereocenters. The minimum Gasteiger partial charge on any atom is -0.310 e. The van der Waals surface area contributed by atoms with Crippen LogP contribution in [0.2, 0.25) is 0 Å². The van der Waals surface area contributed by atoms with Crippen molar-refractivity contribution < 1.29 is 0 Å². The van der Waals surface area contributed by atoms with Crippen molar-refractivity contribution in [2.75, 3.05) is 18.6 Å². The lowest BCUT2D eigenvalue weighted by molar-refractivity contribution is 0.556. The average molecular weight is 242 g/mol. The fourth-order valence-corrected chi connectivity index (χ4v) is 2.06. The molecule has 0 saturated carbocycles. The van der Waals surface area contributed by atoms with Gasteiger partial charge in [-0.05, 0) is 38.3 Å². The van der Waals surface area contributed by atoms with Gasteiger partial charge in [-0.15, -0.1) is 0 Å². The fraction of sp³-hybridized carbons (Fsp3) is 0.818. The van der Waals surface area contributed by atoms with Crippen molar-refractivity contribution in [1.29, 1.82) is 0 Å². The SMILES string of the molecule is CCn1ncnc1CNCCCCCSC. The summed E-state index contributed by atoms with van der Waals surface area (Å²) in [7, 11) is 0. The maximum atomic E-state index is 4.22. The first-order valence-corrected chi connectivity index (χ1v) is 7.34. The lowest BCUT2D eigenvalue weighted by atomic mass is 10.2. The smallest absolute Gasteiger partial charge is 0.140 e. The van der Waals surface area contributed by atoms with Crippen molar-refractivity contribution in [3.63, 3.8) is 0 Å². The lowest BCUT2D eigenvalue weighted by Crippen LogP contribution is -2.18. The van der Waals surface area contributed by atoms with E-state index in [2.05, 4.69) is 28.6 Å². The second-order valence-electron chi connectivity index (χ2n) is 3.72. The van der Waals surface area contributed by atoms with Gasteiger partial charge in [0.2, 0.25) is 0 Å². The van der Waals surface area contributed by atoms with Crippen LogP contribution in [0.25, 0.3) is 0 Å². The molecule has 16 heavy (non-hydrogen) atoms. The van der Waals surface area contributed by atoms with Crippen molar-refractivity contribution in [2.45, 2.75) is 39.3 Å². The Kier molecular flexibility index (Phi) is 7.25. The summed E-state index contributed by atoms with van der Waals surface area (Å²) in [4.78, 5) is 4.22. The number of nitrogens with zero attached hydrogens (tertiary/aromatic N) is 3. The molecule has 0 aliphatic rings. The highest BCUT2D eigenvalue weighted by molar-refractivity contribution is 7.98. The van der Waals surface area contributed by atoms with Crippen molar-refractivity contribution in [2.24, 2.45) is 0 Å². The first-order chi connectivity index (χ1) is 7.88. The molecule has 0 spiro atoms. The third kappa shape index (κ3) is 4.99. The summed E-state index contributed by atoms with van der Waals surface area (Å²) >= 11 is 1.93. The van der Waals surface area contributed by atoms with Gasteiger partial charge in [-0.25, -0.2) is 9.67 Å². The van der Waals surface area contributed by atoms with Crippen molar-refractivity contribution in [3.05, 3.63) is 12.2 Å². The van der Waals surface area contributed by atoms with Gasteiger partial charge in [0.15, 0.2) is 0 Å². The van der Waals surface area contributed by atoms with Crippen LogP contribution in [0, 0.1) is 0 Å². The Morgan fingerprint density at radius 2 is 2.25 bits per heavy atom. The highest BCUT2D eigenvalue weighted by atomic mass is 32.2. The Balaban J connectivity index is 2.03. The number of rotatable bonds is 9. The van der Waals surface area contributed by atoms with Crippen LogP contribution in [0.15, 0.2) is 6.33 Å². The molecule has 0 amide bonds. The zero-order chi connectivity index (χ0) is 11.6. The van der Waals surface area contributed by atoms with Crippen molar-refractivity contribution in [3.8, 4) is 0 Å². The van der Waals surface area contributed by atoms with E-state index < -0.39 is 0 Å². The molecule has 1 N–H and O–H groups in total. The number of aryl methyl sites for hydroxylation is 1. The molecule has 0 aliphatic heterocycles. The summed E-state index contributed by atoms with van der Waals surface area (Å²) in [5, 5.41) is 7.55. The number of unbranched alkanes of at least 4 members (excludes halogenated alkanes) is 2. The molecule has 1 aromatic heterocycles. The van der Waals surface area contributed by atoms with E-state index in [-0.39, 0.29) is 0 Å². The molecule has 1 aromatic rings. The molecule has 1 heterocycles. The molecule has 5 heteroatoms. The van der Waals surface area contributed by atoms with Gasteiger partial charge in [-0.2, -0.15) is 16.9 Å². The van der Waals surface area contributed by atoms with Gasteiger partial charge in [0.1, 0.15) is 12.2 Å². The molecule has 0 unspecified atom stereocenters. The van der Waals surface area contributed by atoms with Crippen LogP contribution in [0.3, 0.4) is 0 Å². The van der Waals surface area contributed by atoms with Gasteiger partial charge in [-0.1, -0.05) is 6.42 Å². The highest BCUT2D eigenvalue weighted by Gasteiger charge is 2.00. The topological polar surface area (TPSA) is 42.7 Å². The van der Waals surface area contributed by atoms with Crippen molar-refractivity contribution in [1.82, 2.24) is 20.1 Å². The fourth-order valence-electron chi connectivity index (χ4n) is 1.56. The third-order valence-corrected chi connectivity index (χ3v) is 3.18. The Hall–Kier alpha value is -0.550. The first kappa shape index (κ1) is 13.5. The number of hydrogen-bond acceptors (Lipinski definition) is 4. The third-order valence-electron chi connectivity index (χ3n) is 2.48. The van der Waals surface area contributed by atoms with Gasteiger partial charge in [0.05, 0.1) is 6.54 Å². The summed E-state index contributed by atoms with van der Waals surface area (Å²) in [6, 6.07) is 0. The Morgan fingerprint density at radius 1 is 1.38 bits per heavy atom. The van der Waals surface area contributed by atoms with E-state index >= 15 is 0 Å². The molecule has 0 aromatic carbocycles. The lowest BCUT2D eigenvalue weighted by Gasteiger charge is -2.05. The maximum absolute atomic E-state index is 4.22. The Bertz CT molecular complexity index is 275. The Morgan fingerprint density at radius 3 is 3.00 bits per heavy atom. The summed E-state index contributed by atoms with van der Waals surface area (Å²) in [5.41, 5.74) is 0. The largest absolute Gasteiger partial charge is 0.310 e. The van der Waals surface area contributed by atoms with Gasteiger partial charge in [0, 0.05) is 6.54 Å². The van der Waals surface area contributed by atoms with E-state index in [0.717, 1.165) is 25.5 Å². The standard InChI is InChI=1S/C11H22N4S/c1-3-15-11(13-10-14-15)9-12-7-5-4-6-8-16-2/h10,12H,3-9H2,1-2H3. The van der Waals surface area contributed by atoms with Crippen molar-refractivity contribution >= 4 is 11.8 Å². The highest BCUT2D eigenvalue weighted by Crippen LogP contribution is 2.01. The molecule has 0 saturated heterocycles. The zero-order valence-electron chi connectivity index (χ0n) is 10.3. The van der Waals surface area contributed by atoms with Crippen LogP contribution in [-0.2, 0) is 13.1 Å². The van der Waals surface area contributed by atoms with E-state index in [1.54, 1.807) is 6.33 Å². The number of thioether (sulfide) groups is 1. The summed E-state index contributed by atoms with van der Waals surface area (Å²) in [6.45, 7) is 4.88. The second kappa shape index (κ2) is 8.58. The molecule has 92 valence electrons. The molecule has 4 nitrogen and oxygen atoms in total. The quantitative estimate of drug-likeness (QED) is 0.672. The normalized spacial score (nSPS) is 10.9. The maximum Gasteiger partial charge on any atom is 0.140 e. The molecule has 1 rings (SSSR count).